The molecule has 8 heteroatoms. The molecular weight excluding hydrogens is 358 g/mol. The first-order chi connectivity index (χ1) is 12.4. The molecule has 0 aliphatic heterocycles. The summed E-state index contributed by atoms with van der Waals surface area (Å²) in [6.45, 7) is 1.89. The van der Waals surface area contributed by atoms with Crippen LogP contribution in [0.1, 0.15) is 17.3 Å². The SMILES string of the molecule is CCN(c1cccc(C(=O)OC)c1)S(=O)(=O)c1ccc(OC)c(OC)c1. The highest BCUT2D eigenvalue weighted by Gasteiger charge is 2.25. The molecule has 0 aliphatic carbocycles. The summed E-state index contributed by atoms with van der Waals surface area (Å²) in [6.07, 6.45) is 0. The number of carbonyl (C=O) groups is 1. The Morgan fingerprint density at radius 2 is 1.69 bits per heavy atom. The normalized spacial score (nSPS) is 10.9. The second-order valence-electron chi connectivity index (χ2n) is 5.23. The molecule has 0 radical (unpaired) electrons. The molecule has 140 valence electrons. The fourth-order valence-electron chi connectivity index (χ4n) is 2.50. The Morgan fingerprint density at radius 3 is 2.27 bits per heavy atom. The van der Waals surface area contributed by atoms with E-state index in [1.54, 1.807) is 25.1 Å². The summed E-state index contributed by atoms with van der Waals surface area (Å²) in [5, 5.41) is 0. The van der Waals surface area contributed by atoms with Gasteiger partial charge in [0, 0.05) is 12.6 Å². The molecule has 0 saturated carbocycles. The van der Waals surface area contributed by atoms with E-state index in [9.17, 15) is 13.2 Å². The lowest BCUT2D eigenvalue weighted by Gasteiger charge is -2.23. The van der Waals surface area contributed by atoms with Crippen LogP contribution in [-0.2, 0) is 14.8 Å². The maximum atomic E-state index is 13.1. The van der Waals surface area contributed by atoms with Gasteiger partial charge in [-0.2, -0.15) is 0 Å². The number of sulfonamides is 1. The Labute approximate surface area is 153 Å². The van der Waals surface area contributed by atoms with Crippen LogP contribution in [0.4, 0.5) is 5.69 Å². The number of ether oxygens (including phenoxy) is 3. The molecule has 0 fully saturated rings. The second kappa shape index (κ2) is 8.09. The molecule has 26 heavy (non-hydrogen) atoms. The van der Waals surface area contributed by atoms with Gasteiger partial charge in [0.15, 0.2) is 11.5 Å². The summed E-state index contributed by atoms with van der Waals surface area (Å²) in [5.41, 5.74) is 0.635. The largest absolute Gasteiger partial charge is 0.493 e. The highest BCUT2D eigenvalue weighted by molar-refractivity contribution is 7.92. The van der Waals surface area contributed by atoms with E-state index in [0.29, 0.717) is 17.2 Å². The Bertz CT molecular complexity index is 894. The van der Waals surface area contributed by atoms with Crippen molar-refractivity contribution in [1.29, 1.82) is 0 Å². The molecule has 0 unspecified atom stereocenters. The Kier molecular flexibility index (Phi) is 6.10. The Balaban J connectivity index is 2.51. The third kappa shape index (κ3) is 3.75. The van der Waals surface area contributed by atoms with Crippen molar-refractivity contribution in [3.8, 4) is 11.5 Å². The first kappa shape index (κ1) is 19.6. The van der Waals surface area contributed by atoms with Crippen LogP contribution in [0.3, 0.4) is 0 Å². The minimum atomic E-state index is -3.87. The van der Waals surface area contributed by atoms with Crippen LogP contribution in [0, 0.1) is 0 Å². The van der Waals surface area contributed by atoms with Crippen molar-refractivity contribution in [2.75, 3.05) is 32.2 Å². The number of anilines is 1. The predicted molar refractivity (Wildman–Crippen MR) is 97.5 cm³/mol. The number of rotatable bonds is 7. The van der Waals surface area contributed by atoms with Gasteiger partial charge in [-0.05, 0) is 37.3 Å². The predicted octanol–water partition coefficient (Wildman–Crippen LogP) is 2.71. The molecule has 2 rings (SSSR count). The van der Waals surface area contributed by atoms with Gasteiger partial charge in [-0.3, -0.25) is 4.31 Å². The average Bonchev–Trinajstić information content (AvgIpc) is 2.67. The molecule has 0 spiro atoms. The van der Waals surface area contributed by atoms with Crippen LogP contribution in [-0.4, -0.2) is 42.3 Å². The average molecular weight is 379 g/mol. The molecule has 0 amide bonds. The molecule has 0 bridgehead atoms. The van der Waals surface area contributed by atoms with Gasteiger partial charge in [-0.15, -0.1) is 0 Å². The van der Waals surface area contributed by atoms with Crippen LogP contribution >= 0.6 is 0 Å². The number of benzene rings is 2. The lowest BCUT2D eigenvalue weighted by atomic mass is 10.2. The van der Waals surface area contributed by atoms with E-state index < -0.39 is 16.0 Å². The molecule has 0 saturated heterocycles. The lowest BCUT2D eigenvalue weighted by molar-refractivity contribution is 0.0600. The Hall–Kier alpha value is -2.74. The van der Waals surface area contributed by atoms with E-state index in [-0.39, 0.29) is 17.0 Å². The monoisotopic (exact) mass is 379 g/mol. The number of nitrogens with zero attached hydrogens (tertiary/aromatic N) is 1. The summed E-state index contributed by atoms with van der Waals surface area (Å²) >= 11 is 0. The van der Waals surface area contributed by atoms with Gasteiger partial charge in [0.05, 0.1) is 37.5 Å². The molecule has 0 aliphatic rings. The third-order valence-corrected chi connectivity index (χ3v) is 5.68. The zero-order valence-electron chi connectivity index (χ0n) is 15.1. The van der Waals surface area contributed by atoms with Gasteiger partial charge >= 0.3 is 5.97 Å². The zero-order valence-corrected chi connectivity index (χ0v) is 15.9. The van der Waals surface area contributed by atoms with E-state index in [1.807, 2.05) is 0 Å². The highest BCUT2D eigenvalue weighted by atomic mass is 32.2. The van der Waals surface area contributed by atoms with E-state index >= 15 is 0 Å². The minimum absolute atomic E-state index is 0.0560. The first-order valence-electron chi connectivity index (χ1n) is 7.82. The highest BCUT2D eigenvalue weighted by Crippen LogP contribution is 2.32. The van der Waals surface area contributed by atoms with Crippen LogP contribution in [0.5, 0.6) is 11.5 Å². The van der Waals surface area contributed by atoms with Gasteiger partial charge in [0.25, 0.3) is 10.0 Å². The van der Waals surface area contributed by atoms with Gasteiger partial charge in [-0.1, -0.05) is 6.07 Å². The summed E-state index contributed by atoms with van der Waals surface area (Å²) in [7, 11) is 0.317. The van der Waals surface area contributed by atoms with Crippen molar-refractivity contribution in [3.63, 3.8) is 0 Å². The fourth-order valence-corrected chi connectivity index (χ4v) is 3.98. The molecule has 2 aromatic rings. The van der Waals surface area contributed by atoms with Crippen LogP contribution < -0.4 is 13.8 Å². The molecule has 0 heterocycles. The molecular formula is C18H21NO6S. The summed E-state index contributed by atoms with van der Waals surface area (Å²) in [4.78, 5) is 11.8. The zero-order chi connectivity index (χ0) is 19.3. The molecule has 7 nitrogen and oxygen atoms in total. The van der Waals surface area contributed by atoms with Crippen LogP contribution in [0.25, 0.3) is 0 Å². The van der Waals surface area contributed by atoms with Gasteiger partial charge < -0.3 is 14.2 Å². The van der Waals surface area contributed by atoms with E-state index in [4.69, 9.17) is 14.2 Å². The maximum absolute atomic E-state index is 13.1. The number of carbonyl (C=O) groups excluding carboxylic acids is 1. The summed E-state index contributed by atoms with van der Waals surface area (Å²) < 4.78 is 42.4. The van der Waals surface area contributed by atoms with Crippen molar-refractivity contribution in [3.05, 3.63) is 48.0 Å². The van der Waals surface area contributed by atoms with Crippen molar-refractivity contribution in [2.45, 2.75) is 11.8 Å². The molecule has 0 aromatic heterocycles. The number of methoxy groups -OCH3 is 3. The van der Waals surface area contributed by atoms with Crippen LogP contribution in [0.15, 0.2) is 47.4 Å². The van der Waals surface area contributed by atoms with Crippen LogP contribution in [0.2, 0.25) is 0 Å². The standard InChI is InChI=1S/C18H21NO6S/c1-5-19(14-8-6-7-13(11-14)18(20)25-4)26(21,22)15-9-10-16(23-2)17(12-15)24-3/h6-12H,5H2,1-4H3. The molecule has 0 atom stereocenters. The van der Waals surface area contributed by atoms with Crippen molar-refractivity contribution in [2.24, 2.45) is 0 Å². The molecule has 0 N–H and O–H groups in total. The van der Waals surface area contributed by atoms with E-state index in [1.165, 1.54) is 49.9 Å². The maximum Gasteiger partial charge on any atom is 0.337 e. The van der Waals surface area contributed by atoms with Crippen molar-refractivity contribution < 1.29 is 27.4 Å². The third-order valence-electron chi connectivity index (χ3n) is 3.79. The van der Waals surface area contributed by atoms with Gasteiger partial charge in [0.2, 0.25) is 0 Å². The summed E-state index contributed by atoms with van der Waals surface area (Å²) in [6, 6.07) is 10.7. The van der Waals surface area contributed by atoms with E-state index in [2.05, 4.69) is 0 Å². The number of hydrogen-bond donors (Lipinski definition) is 0. The van der Waals surface area contributed by atoms with Gasteiger partial charge in [-0.25, -0.2) is 13.2 Å². The first-order valence-corrected chi connectivity index (χ1v) is 9.26. The quantitative estimate of drug-likeness (QED) is 0.688. The van der Waals surface area contributed by atoms with Crippen molar-refractivity contribution >= 4 is 21.7 Å². The second-order valence-corrected chi connectivity index (χ2v) is 7.09. The summed E-state index contributed by atoms with van der Waals surface area (Å²) in [5.74, 6) is 0.210. The lowest BCUT2D eigenvalue weighted by Crippen LogP contribution is -2.31. The van der Waals surface area contributed by atoms with Crippen molar-refractivity contribution in [1.82, 2.24) is 0 Å². The topological polar surface area (TPSA) is 82.1 Å². The number of hydrogen-bond acceptors (Lipinski definition) is 6. The van der Waals surface area contributed by atoms with E-state index in [0.717, 1.165) is 0 Å². The minimum Gasteiger partial charge on any atom is -0.493 e. The van der Waals surface area contributed by atoms with Gasteiger partial charge in [0.1, 0.15) is 0 Å². The Morgan fingerprint density at radius 1 is 1.00 bits per heavy atom. The fraction of sp³-hybridized carbons (Fsp3) is 0.278. The number of esters is 1. The smallest absolute Gasteiger partial charge is 0.337 e. The molecule has 2 aromatic carbocycles.